The zero-order valence-electron chi connectivity index (χ0n) is 13.7. The van der Waals surface area contributed by atoms with Crippen molar-refractivity contribution in [2.24, 2.45) is 0 Å². The van der Waals surface area contributed by atoms with Gasteiger partial charge in [0.25, 0.3) is 0 Å². The molecule has 2 aliphatic rings. The molecule has 1 fully saturated rings. The number of likely N-dealkylation sites (N-methyl/N-ethyl adjacent to an activating group) is 1. The van der Waals surface area contributed by atoms with Crippen LogP contribution in [0.3, 0.4) is 0 Å². The van der Waals surface area contributed by atoms with Gasteiger partial charge in [0.2, 0.25) is 5.91 Å². The van der Waals surface area contributed by atoms with Gasteiger partial charge in [0.15, 0.2) is 0 Å². The molecule has 0 bridgehead atoms. The lowest BCUT2D eigenvalue weighted by Crippen LogP contribution is -2.44. The van der Waals surface area contributed by atoms with E-state index in [1.54, 1.807) is 16.9 Å². The molecule has 3 amide bonds. The Bertz CT molecular complexity index is 619. The normalized spacial score (nSPS) is 22.8. The van der Waals surface area contributed by atoms with Crippen molar-refractivity contribution in [3.63, 3.8) is 0 Å². The highest BCUT2D eigenvalue weighted by Crippen LogP contribution is 2.46. The summed E-state index contributed by atoms with van der Waals surface area (Å²) >= 11 is 0. The van der Waals surface area contributed by atoms with E-state index >= 15 is 0 Å². The number of likely N-dealkylation sites (tertiary alicyclic amines) is 1. The van der Waals surface area contributed by atoms with Crippen molar-refractivity contribution in [1.82, 2.24) is 10.2 Å². The summed E-state index contributed by atoms with van der Waals surface area (Å²) in [6.45, 7) is 2.26. The highest BCUT2D eigenvalue weighted by Gasteiger charge is 2.54. The first-order chi connectivity index (χ1) is 11.1. The van der Waals surface area contributed by atoms with Crippen LogP contribution in [0.15, 0.2) is 24.3 Å². The van der Waals surface area contributed by atoms with Gasteiger partial charge in [-0.15, -0.1) is 0 Å². The first-order valence-electron chi connectivity index (χ1n) is 7.99. The maximum absolute atomic E-state index is 12.8. The van der Waals surface area contributed by atoms with Crippen molar-refractivity contribution in [3.05, 3.63) is 29.8 Å². The number of rotatable bonds is 4. The number of methoxy groups -OCH3 is 1. The van der Waals surface area contributed by atoms with Gasteiger partial charge < -0.3 is 19.9 Å². The van der Waals surface area contributed by atoms with E-state index < -0.39 is 5.41 Å². The second-order valence-electron chi connectivity index (χ2n) is 6.21. The van der Waals surface area contributed by atoms with Crippen molar-refractivity contribution in [3.8, 4) is 0 Å². The lowest BCUT2D eigenvalue weighted by atomic mass is 9.81. The van der Waals surface area contributed by atoms with Crippen LogP contribution in [0.1, 0.15) is 18.4 Å². The van der Waals surface area contributed by atoms with Gasteiger partial charge in [-0.25, -0.2) is 4.79 Å². The van der Waals surface area contributed by atoms with Crippen LogP contribution in [0.4, 0.5) is 10.5 Å². The summed E-state index contributed by atoms with van der Waals surface area (Å²) in [7, 11) is 3.45. The average molecular weight is 317 g/mol. The molecular weight excluding hydrogens is 294 g/mol. The summed E-state index contributed by atoms with van der Waals surface area (Å²) in [5, 5.41) is 2.90. The summed E-state index contributed by atoms with van der Waals surface area (Å²) in [5.74, 6) is 0.0911. The number of amides is 3. The van der Waals surface area contributed by atoms with E-state index in [-0.39, 0.29) is 11.9 Å². The maximum atomic E-state index is 12.8. The zero-order chi connectivity index (χ0) is 16.4. The average Bonchev–Trinajstić information content (AvgIpc) is 3.10. The third-order valence-corrected chi connectivity index (χ3v) is 4.85. The number of carbonyl (C=O) groups excluding carboxylic acids is 2. The van der Waals surface area contributed by atoms with Crippen LogP contribution in [0.2, 0.25) is 0 Å². The third-order valence-electron chi connectivity index (χ3n) is 4.85. The molecule has 0 radical (unpaired) electrons. The molecule has 0 unspecified atom stereocenters. The standard InChI is InChI=1S/C17H23N3O3/c1-19-14-7-4-3-6-13(14)17(15(19)21)8-10-20(12-17)16(22)18-9-5-11-23-2/h3-4,6-7H,5,8-12H2,1-2H3,(H,18,22)/t17-/m1/s1. The number of ether oxygens (including phenoxy) is 1. The fourth-order valence-electron chi connectivity index (χ4n) is 3.62. The number of hydrogen-bond donors (Lipinski definition) is 1. The molecule has 1 atom stereocenters. The lowest BCUT2D eigenvalue weighted by molar-refractivity contribution is -0.122. The summed E-state index contributed by atoms with van der Waals surface area (Å²) < 4.78 is 4.98. The number of anilines is 1. The Balaban J connectivity index is 1.72. The maximum Gasteiger partial charge on any atom is 0.317 e. The van der Waals surface area contributed by atoms with E-state index in [1.165, 1.54) is 0 Å². The van der Waals surface area contributed by atoms with E-state index in [1.807, 2.05) is 31.3 Å². The van der Waals surface area contributed by atoms with Gasteiger partial charge in [-0.1, -0.05) is 18.2 Å². The number of nitrogens with zero attached hydrogens (tertiary/aromatic N) is 2. The van der Waals surface area contributed by atoms with Gasteiger partial charge in [0.05, 0.1) is 5.41 Å². The smallest absolute Gasteiger partial charge is 0.317 e. The number of carbonyl (C=O) groups is 2. The second kappa shape index (κ2) is 6.20. The monoisotopic (exact) mass is 317 g/mol. The number of para-hydroxylation sites is 1. The van der Waals surface area contributed by atoms with Gasteiger partial charge in [-0.3, -0.25) is 4.79 Å². The largest absolute Gasteiger partial charge is 0.385 e. The Morgan fingerprint density at radius 3 is 2.96 bits per heavy atom. The van der Waals surface area contributed by atoms with E-state index in [0.717, 1.165) is 17.7 Å². The van der Waals surface area contributed by atoms with E-state index in [9.17, 15) is 9.59 Å². The molecule has 124 valence electrons. The molecule has 6 nitrogen and oxygen atoms in total. The quantitative estimate of drug-likeness (QED) is 0.853. The fourth-order valence-corrected chi connectivity index (χ4v) is 3.62. The van der Waals surface area contributed by atoms with E-state index in [4.69, 9.17) is 4.74 Å². The van der Waals surface area contributed by atoms with Crippen LogP contribution in [0.5, 0.6) is 0 Å². The molecule has 1 N–H and O–H groups in total. The Hall–Kier alpha value is -2.08. The molecular formula is C17H23N3O3. The molecule has 3 rings (SSSR count). The van der Waals surface area contributed by atoms with Gasteiger partial charge in [-0.05, 0) is 24.5 Å². The van der Waals surface area contributed by atoms with Gasteiger partial charge >= 0.3 is 6.03 Å². The molecule has 6 heteroatoms. The third kappa shape index (κ3) is 2.57. The van der Waals surface area contributed by atoms with Crippen LogP contribution < -0.4 is 10.2 Å². The fraction of sp³-hybridized carbons (Fsp3) is 0.529. The highest BCUT2D eigenvalue weighted by molar-refractivity contribution is 6.08. The SMILES string of the molecule is COCCCNC(=O)N1CC[C@]2(C1)C(=O)N(C)c1ccccc12. The Morgan fingerprint density at radius 2 is 2.17 bits per heavy atom. The first kappa shape index (κ1) is 15.8. The van der Waals surface area contributed by atoms with Gasteiger partial charge in [-0.2, -0.15) is 0 Å². The minimum absolute atomic E-state index is 0.0911. The Labute approximate surface area is 136 Å². The van der Waals surface area contributed by atoms with E-state index in [2.05, 4.69) is 5.32 Å². The highest BCUT2D eigenvalue weighted by atomic mass is 16.5. The predicted octanol–water partition coefficient (Wildman–Crippen LogP) is 1.35. The molecule has 2 aliphatic heterocycles. The number of fused-ring (bicyclic) bond motifs is 2. The van der Waals surface area contributed by atoms with Gasteiger partial charge in [0.1, 0.15) is 0 Å². The molecule has 1 aromatic carbocycles. The summed E-state index contributed by atoms with van der Waals surface area (Å²) in [6, 6.07) is 7.78. The Kier molecular flexibility index (Phi) is 4.26. The molecule has 23 heavy (non-hydrogen) atoms. The van der Waals surface area contributed by atoms with Crippen molar-refractivity contribution < 1.29 is 14.3 Å². The molecule has 0 saturated carbocycles. The lowest BCUT2D eigenvalue weighted by Gasteiger charge is -2.23. The Morgan fingerprint density at radius 1 is 1.39 bits per heavy atom. The molecule has 2 heterocycles. The molecule has 1 aromatic rings. The zero-order valence-corrected chi connectivity index (χ0v) is 13.7. The summed E-state index contributed by atoms with van der Waals surface area (Å²) in [4.78, 5) is 28.6. The molecule has 1 spiro atoms. The predicted molar refractivity (Wildman–Crippen MR) is 87.6 cm³/mol. The van der Waals surface area contributed by atoms with Crippen molar-refractivity contribution >= 4 is 17.6 Å². The van der Waals surface area contributed by atoms with Crippen LogP contribution in [0.25, 0.3) is 0 Å². The molecule has 0 aromatic heterocycles. The van der Waals surface area contributed by atoms with Crippen LogP contribution in [0, 0.1) is 0 Å². The number of hydrogen-bond acceptors (Lipinski definition) is 3. The van der Waals surface area contributed by atoms with Gasteiger partial charge in [0, 0.05) is 46.1 Å². The number of urea groups is 1. The summed E-state index contributed by atoms with van der Waals surface area (Å²) in [6.07, 6.45) is 1.46. The molecule has 1 saturated heterocycles. The van der Waals surface area contributed by atoms with E-state index in [0.29, 0.717) is 32.7 Å². The van der Waals surface area contributed by atoms with Crippen molar-refractivity contribution in [2.75, 3.05) is 45.3 Å². The minimum atomic E-state index is -0.574. The molecule has 0 aliphatic carbocycles. The van der Waals surface area contributed by atoms with Crippen molar-refractivity contribution in [1.29, 1.82) is 0 Å². The minimum Gasteiger partial charge on any atom is -0.385 e. The van der Waals surface area contributed by atoms with Crippen LogP contribution in [-0.2, 0) is 14.9 Å². The number of nitrogens with one attached hydrogen (secondary N) is 1. The second-order valence-corrected chi connectivity index (χ2v) is 6.21. The van der Waals surface area contributed by atoms with Crippen LogP contribution >= 0.6 is 0 Å². The first-order valence-corrected chi connectivity index (χ1v) is 7.99. The summed E-state index contributed by atoms with van der Waals surface area (Å²) in [5.41, 5.74) is 1.43. The van der Waals surface area contributed by atoms with Crippen molar-refractivity contribution in [2.45, 2.75) is 18.3 Å². The number of benzene rings is 1. The topological polar surface area (TPSA) is 61.9 Å². The van der Waals surface area contributed by atoms with Crippen LogP contribution in [-0.4, -0.2) is 57.2 Å².